The molecule has 0 bridgehead atoms. The van der Waals surface area contributed by atoms with Crippen molar-refractivity contribution in [3.05, 3.63) is 83.7 Å². The Morgan fingerprint density at radius 2 is 1.57 bits per heavy atom. The standard InChI is InChI=1S/C42H52N4O8/c1-5-52-25-24-46-34-15-11-10-14-33(34)43-40(46)38(48)30-16-20-44(21-17-30)22-18-42(32-12-8-7-9-13-32)19-23-45(29-42)41(49)31-26-35(50-3)39(36(27-31)51-4)54-28-37(47)53-6-2/h7-15,26-27,30H,5-6,16-25,28-29H2,1-4H3. The van der Waals surface area contributed by atoms with Crippen molar-refractivity contribution >= 4 is 28.7 Å². The second-order valence-electron chi connectivity index (χ2n) is 13.9. The number of esters is 1. The van der Waals surface area contributed by atoms with Gasteiger partial charge in [-0.2, -0.15) is 0 Å². The SMILES string of the molecule is CCOCCn1c(C(=O)C2CCN(CCC3(c4ccccc4)CCN(C(=O)c4cc(OC)c(OCC(=O)OCC)c(OC)c4)C3)CC2)nc2ccccc21. The largest absolute Gasteiger partial charge is 0.493 e. The topological polar surface area (TPSA) is 122 Å². The lowest BCUT2D eigenvalue weighted by atomic mass is 9.76. The fraction of sp³-hybridized carbons (Fsp3) is 0.476. The smallest absolute Gasteiger partial charge is 0.344 e. The predicted molar refractivity (Wildman–Crippen MR) is 205 cm³/mol. The van der Waals surface area contributed by atoms with Crippen LogP contribution in [0, 0.1) is 5.92 Å². The molecule has 288 valence electrons. The van der Waals surface area contributed by atoms with E-state index in [0.717, 1.165) is 56.4 Å². The third kappa shape index (κ3) is 8.55. The molecular weight excluding hydrogens is 688 g/mol. The zero-order valence-electron chi connectivity index (χ0n) is 31.9. The zero-order valence-corrected chi connectivity index (χ0v) is 31.9. The van der Waals surface area contributed by atoms with E-state index in [1.165, 1.54) is 19.8 Å². The number of ketones is 1. The summed E-state index contributed by atoms with van der Waals surface area (Å²) in [5.74, 6) is 0.730. The van der Waals surface area contributed by atoms with Gasteiger partial charge in [0.1, 0.15) is 0 Å². The fourth-order valence-corrected chi connectivity index (χ4v) is 7.85. The van der Waals surface area contributed by atoms with Crippen LogP contribution in [0.15, 0.2) is 66.7 Å². The Morgan fingerprint density at radius 3 is 2.26 bits per heavy atom. The number of amides is 1. The highest BCUT2D eigenvalue weighted by atomic mass is 16.6. The number of imidazole rings is 1. The van der Waals surface area contributed by atoms with Crippen molar-refractivity contribution in [2.24, 2.45) is 5.92 Å². The van der Waals surface area contributed by atoms with Crippen molar-refractivity contribution in [3.63, 3.8) is 0 Å². The van der Waals surface area contributed by atoms with Crippen LogP contribution in [0.2, 0.25) is 0 Å². The molecule has 2 saturated heterocycles. The van der Waals surface area contributed by atoms with Crippen molar-refractivity contribution in [1.29, 1.82) is 0 Å². The van der Waals surface area contributed by atoms with Crippen LogP contribution in [0.25, 0.3) is 11.0 Å². The van der Waals surface area contributed by atoms with Gasteiger partial charge in [0, 0.05) is 43.1 Å². The molecule has 2 aliphatic heterocycles. The quantitative estimate of drug-likeness (QED) is 0.0746. The van der Waals surface area contributed by atoms with E-state index in [9.17, 15) is 14.4 Å². The highest BCUT2D eigenvalue weighted by Gasteiger charge is 2.42. The average molecular weight is 741 g/mol. The van der Waals surface area contributed by atoms with Gasteiger partial charge >= 0.3 is 5.97 Å². The van der Waals surface area contributed by atoms with Crippen molar-refractivity contribution in [3.8, 4) is 17.2 Å². The summed E-state index contributed by atoms with van der Waals surface area (Å²) in [6, 6.07) is 21.6. The molecule has 3 aromatic carbocycles. The molecule has 2 fully saturated rings. The van der Waals surface area contributed by atoms with Crippen LogP contribution in [-0.4, -0.2) is 110 Å². The number of Topliss-reactive ketones (excluding diaryl/α,β-unsaturated/α-hetero) is 1. The van der Waals surface area contributed by atoms with Crippen LogP contribution in [0.5, 0.6) is 17.2 Å². The summed E-state index contributed by atoms with van der Waals surface area (Å²) < 4.78 is 29.5. The van der Waals surface area contributed by atoms with Crippen LogP contribution in [0.4, 0.5) is 0 Å². The monoisotopic (exact) mass is 740 g/mol. The molecule has 54 heavy (non-hydrogen) atoms. The number of para-hydroxylation sites is 2. The molecule has 0 spiro atoms. The van der Waals surface area contributed by atoms with Gasteiger partial charge in [0.25, 0.3) is 5.91 Å². The number of ether oxygens (including phenoxy) is 5. The molecule has 0 N–H and O–H groups in total. The van der Waals surface area contributed by atoms with Gasteiger partial charge in [0.15, 0.2) is 23.9 Å². The molecule has 4 aromatic rings. The van der Waals surface area contributed by atoms with E-state index in [4.69, 9.17) is 28.7 Å². The van der Waals surface area contributed by atoms with Gasteiger partial charge in [-0.1, -0.05) is 42.5 Å². The van der Waals surface area contributed by atoms with Gasteiger partial charge in [-0.25, -0.2) is 9.78 Å². The molecule has 0 saturated carbocycles. The summed E-state index contributed by atoms with van der Waals surface area (Å²) in [6.07, 6.45) is 3.25. The highest BCUT2D eigenvalue weighted by molar-refractivity contribution is 5.98. The Hall–Kier alpha value is -4.94. The minimum absolute atomic E-state index is 0.0810. The lowest BCUT2D eigenvalue weighted by molar-refractivity contribution is -0.145. The first kappa shape index (κ1) is 38.8. The maximum absolute atomic E-state index is 14.1. The van der Waals surface area contributed by atoms with E-state index in [0.29, 0.717) is 55.7 Å². The zero-order chi connectivity index (χ0) is 38.1. The van der Waals surface area contributed by atoms with Crippen LogP contribution in [0.1, 0.15) is 66.1 Å². The minimum atomic E-state index is -0.514. The van der Waals surface area contributed by atoms with Crippen LogP contribution in [-0.2, 0) is 26.2 Å². The number of aromatic nitrogens is 2. The molecular formula is C42H52N4O8. The predicted octanol–water partition coefficient (Wildman–Crippen LogP) is 5.80. The molecule has 2 aliphatic rings. The van der Waals surface area contributed by atoms with E-state index in [1.54, 1.807) is 19.1 Å². The van der Waals surface area contributed by atoms with E-state index in [2.05, 4.69) is 29.2 Å². The molecule has 1 atom stereocenters. The summed E-state index contributed by atoms with van der Waals surface area (Å²) >= 11 is 0. The van der Waals surface area contributed by atoms with E-state index >= 15 is 0 Å². The van der Waals surface area contributed by atoms with Crippen molar-refractivity contribution in [1.82, 2.24) is 19.4 Å². The Kier molecular flexibility index (Phi) is 12.9. The second kappa shape index (κ2) is 17.9. The lowest BCUT2D eigenvalue weighted by Crippen LogP contribution is -2.41. The molecule has 12 nitrogen and oxygen atoms in total. The van der Waals surface area contributed by atoms with Gasteiger partial charge < -0.3 is 38.1 Å². The van der Waals surface area contributed by atoms with Gasteiger partial charge in [-0.3, -0.25) is 9.59 Å². The summed E-state index contributed by atoms with van der Waals surface area (Å²) in [6.45, 7) is 9.05. The number of fused-ring (bicyclic) bond motifs is 1. The van der Waals surface area contributed by atoms with E-state index in [1.807, 2.05) is 46.7 Å². The van der Waals surface area contributed by atoms with Gasteiger partial charge in [-0.15, -0.1) is 0 Å². The molecule has 0 radical (unpaired) electrons. The number of hydrogen-bond acceptors (Lipinski definition) is 10. The molecule has 1 amide bonds. The summed E-state index contributed by atoms with van der Waals surface area (Å²) in [7, 11) is 2.96. The van der Waals surface area contributed by atoms with Gasteiger partial charge in [-0.05, 0) is 89.0 Å². The third-order valence-corrected chi connectivity index (χ3v) is 10.8. The number of benzene rings is 3. The molecule has 12 heteroatoms. The third-order valence-electron chi connectivity index (χ3n) is 10.8. The van der Waals surface area contributed by atoms with Crippen LogP contribution >= 0.6 is 0 Å². The first-order valence-corrected chi connectivity index (χ1v) is 19.0. The first-order valence-electron chi connectivity index (χ1n) is 19.0. The number of rotatable bonds is 17. The maximum Gasteiger partial charge on any atom is 0.344 e. The highest BCUT2D eigenvalue weighted by Crippen LogP contribution is 2.42. The summed E-state index contributed by atoms with van der Waals surface area (Å²) in [4.78, 5) is 49.1. The molecule has 6 rings (SSSR count). The number of piperidine rings is 1. The van der Waals surface area contributed by atoms with Crippen molar-refractivity contribution in [2.45, 2.75) is 51.5 Å². The second-order valence-corrected chi connectivity index (χ2v) is 13.9. The number of methoxy groups -OCH3 is 2. The Balaban J connectivity index is 1.12. The Morgan fingerprint density at radius 1 is 0.870 bits per heavy atom. The van der Waals surface area contributed by atoms with Crippen LogP contribution in [0.3, 0.4) is 0 Å². The lowest BCUT2D eigenvalue weighted by Gasteiger charge is -2.36. The Bertz CT molecular complexity index is 1880. The minimum Gasteiger partial charge on any atom is -0.493 e. The Labute approximate surface area is 317 Å². The normalized spacial score (nSPS) is 17.8. The van der Waals surface area contributed by atoms with Gasteiger partial charge in [0.2, 0.25) is 11.5 Å². The van der Waals surface area contributed by atoms with Crippen molar-refractivity contribution in [2.75, 3.05) is 73.4 Å². The fourth-order valence-electron chi connectivity index (χ4n) is 7.85. The summed E-state index contributed by atoms with van der Waals surface area (Å²) in [5.41, 5.74) is 3.19. The van der Waals surface area contributed by atoms with Crippen molar-refractivity contribution < 1.29 is 38.1 Å². The number of likely N-dealkylation sites (tertiary alicyclic amines) is 2. The number of nitrogens with zero attached hydrogens (tertiary/aromatic N) is 4. The van der Waals surface area contributed by atoms with E-state index < -0.39 is 5.97 Å². The van der Waals surface area contributed by atoms with Gasteiger partial charge in [0.05, 0.1) is 38.5 Å². The van der Waals surface area contributed by atoms with Crippen LogP contribution < -0.4 is 14.2 Å². The molecule has 3 heterocycles. The average Bonchev–Trinajstić information content (AvgIpc) is 3.82. The molecule has 1 aromatic heterocycles. The number of carbonyl (C=O) groups excluding carboxylic acids is 3. The molecule has 0 aliphatic carbocycles. The molecule has 1 unspecified atom stereocenters. The first-order chi connectivity index (χ1) is 26.3. The summed E-state index contributed by atoms with van der Waals surface area (Å²) in [5, 5.41) is 0. The van der Waals surface area contributed by atoms with E-state index in [-0.39, 0.29) is 42.0 Å². The maximum atomic E-state index is 14.1. The number of hydrogen-bond donors (Lipinski definition) is 0. The number of carbonyl (C=O) groups is 3.